The minimum atomic E-state index is -0.411. The average molecular weight is 508 g/mol. The smallest absolute Gasteiger partial charge is 0.267 e. The summed E-state index contributed by atoms with van der Waals surface area (Å²) in [5, 5.41) is 7.42. The van der Waals surface area contributed by atoms with Gasteiger partial charge in [-0.05, 0) is 60.5 Å². The maximum absolute atomic E-state index is 13.1. The number of rotatable bonds is 8. The molecule has 0 spiro atoms. The van der Waals surface area contributed by atoms with E-state index in [-0.39, 0.29) is 11.6 Å². The number of carbonyl (C=O) groups excluding carboxylic acids is 2. The quantitative estimate of drug-likeness (QED) is 0.271. The number of fused-ring (bicyclic) bond motifs is 1. The summed E-state index contributed by atoms with van der Waals surface area (Å²) in [7, 11) is 1.59. The van der Waals surface area contributed by atoms with E-state index >= 15 is 0 Å². The Kier molecular flexibility index (Phi) is 7.75. The van der Waals surface area contributed by atoms with Gasteiger partial charge >= 0.3 is 0 Å². The van der Waals surface area contributed by atoms with Gasteiger partial charge in [0.1, 0.15) is 11.4 Å². The van der Waals surface area contributed by atoms with Crippen molar-refractivity contribution in [2.24, 2.45) is 0 Å². The molecule has 0 unspecified atom stereocenters. The van der Waals surface area contributed by atoms with E-state index in [0.29, 0.717) is 34.3 Å². The van der Waals surface area contributed by atoms with E-state index in [1.54, 1.807) is 55.8 Å². The third-order valence-corrected chi connectivity index (χ3v) is 6.17. The number of H-pyrrole nitrogens is 1. The second-order valence-corrected chi connectivity index (χ2v) is 8.60. The molecule has 178 valence electrons. The summed E-state index contributed by atoms with van der Waals surface area (Å²) < 4.78 is 5.33. The van der Waals surface area contributed by atoms with Crippen LogP contribution < -0.4 is 15.4 Å². The van der Waals surface area contributed by atoms with Gasteiger partial charge in [-0.25, -0.2) is 0 Å². The highest BCUT2D eigenvalue weighted by Crippen LogP contribution is 2.25. The van der Waals surface area contributed by atoms with Crippen molar-refractivity contribution in [1.29, 1.82) is 0 Å². The van der Waals surface area contributed by atoms with Crippen LogP contribution >= 0.6 is 23.2 Å². The van der Waals surface area contributed by atoms with Crippen molar-refractivity contribution in [3.05, 3.63) is 105 Å². The van der Waals surface area contributed by atoms with Gasteiger partial charge in [0.15, 0.2) is 0 Å². The molecule has 2 amide bonds. The molecule has 3 aromatic carbocycles. The van der Waals surface area contributed by atoms with E-state index in [0.717, 1.165) is 22.0 Å². The fourth-order valence-corrected chi connectivity index (χ4v) is 3.90. The molecule has 3 N–H and O–H groups in total. The number of carbonyl (C=O) groups is 2. The molecule has 8 heteroatoms. The van der Waals surface area contributed by atoms with Crippen LogP contribution in [0.1, 0.15) is 21.5 Å². The number of amides is 2. The molecular weight excluding hydrogens is 485 g/mol. The number of nitrogens with one attached hydrogen (secondary N) is 3. The van der Waals surface area contributed by atoms with E-state index in [4.69, 9.17) is 27.9 Å². The molecule has 0 bridgehead atoms. The number of methoxy groups -OCH3 is 1. The Hall–Kier alpha value is -3.74. The van der Waals surface area contributed by atoms with Gasteiger partial charge in [-0.15, -0.1) is 0 Å². The summed E-state index contributed by atoms with van der Waals surface area (Å²) in [5.74, 6) is -0.104. The Balaban J connectivity index is 1.57. The molecule has 6 nitrogen and oxygen atoms in total. The number of ether oxygens (including phenoxy) is 1. The van der Waals surface area contributed by atoms with Crippen molar-refractivity contribution < 1.29 is 14.3 Å². The highest BCUT2D eigenvalue weighted by Gasteiger charge is 2.16. The molecule has 1 aromatic heterocycles. The first-order valence-corrected chi connectivity index (χ1v) is 11.7. The van der Waals surface area contributed by atoms with Crippen LogP contribution in [0.5, 0.6) is 5.75 Å². The van der Waals surface area contributed by atoms with Crippen LogP contribution in [-0.2, 0) is 11.2 Å². The second-order valence-electron chi connectivity index (χ2n) is 7.79. The summed E-state index contributed by atoms with van der Waals surface area (Å²) in [4.78, 5) is 29.1. The Labute approximate surface area is 212 Å². The molecule has 0 fully saturated rings. The molecule has 0 aliphatic carbocycles. The Bertz CT molecular complexity index is 1400. The van der Waals surface area contributed by atoms with Crippen LogP contribution in [-0.4, -0.2) is 30.5 Å². The van der Waals surface area contributed by atoms with Gasteiger partial charge in [-0.1, -0.05) is 47.5 Å². The van der Waals surface area contributed by atoms with E-state index in [1.807, 2.05) is 30.3 Å². The lowest BCUT2D eigenvalue weighted by atomic mass is 10.1. The number of hydrogen-bond acceptors (Lipinski definition) is 3. The Morgan fingerprint density at radius 2 is 1.80 bits per heavy atom. The predicted octanol–water partition coefficient (Wildman–Crippen LogP) is 5.61. The number of aromatic amines is 1. The first kappa shape index (κ1) is 24.4. The molecule has 35 heavy (non-hydrogen) atoms. The molecule has 0 saturated heterocycles. The van der Waals surface area contributed by atoms with Crippen molar-refractivity contribution in [3.8, 4) is 5.75 Å². The van der Waals surface area contributed by atoms with E-state index < -0.39 is 5.91 Å². The zero-order valence-corrected chi connectivity index (χ0v) is 20.4. The SMILES string of the molecule is COc1ccc2[nH]cc(C=C(NC(=O)c3ccccc3)C(=O)NCCc3ccc(Cl)c(Cl)c3)c2c1. The van der Waals surface area contributed by atoms with Crippen molar-refractivity contribution in [2.75, 3.05) is 13.7 Å². The second kappa shape index (κ2) is 11.1. The van der Waals surface area contributed by atoms with Gasteiger partial charge in [0, 0.05) is 34.8 Å². The van der Waals surface area contributed by atoms with Crippen molar-refractivity contribution in [3.63, 3.8) is 0 Å². The van der Waals surface area contributed by atoms with Gasteiger partial charge in [0.2, 0.25) is 0 Å². The Morgan fingerprint density at radius 3 is 2.54 bits per heavy atom. The van der Waals surface area contributed by atoms with Gasteiger partial charge in [0.05, 0.1) is 17.2 Å². The van der Waals surface area contributed by atoms with Crippen molar-refractivity contribution in [1.82, 2.24) is 15.6 Å². The highest BCUT2D eigenvalue weighted by molar-refractivity contribution is 6.42. The normalized spacial score (nSPS) is 11.3. The van der Waals surface area contributed by atoms with Crippen LogP contribution in [0, 0.1) is 0 Å². The number of hydrogen-bond donors (Lipinski definition) is 3. The zero-order chi connectivity index (χ0) is 24.8. The van der Waals surface area contributed by atoms with E-state index in [1.165, 1.54) is 0 Å². The van der Waals surface area contributed by atoms with Crippen LogP contribution in [0.3, 0.4) is 0 Å². The van der Waals surface area contributed by atoms with Crippen LogP contribution in [0.25, 0.3) is 17.0 Å². The van der Waals surface area contributed by atoms with Crippen LogP contribution in [0.4, 0.5) is 0 Å². The fourth-order valence-electron chi connectivity index (χ4n) is 3.58. The maximum atomic E-state index is 13.1. The third-order valence-electron chi connectivity index (χ3n) is 5.43. The fraction of sp³-hybridized carbons (Fsp3) is 0.111. The molecule has 0 atom stereocenters. The van der Waals surface area contributed by atoms with Gasteiger partial charge in [-0.3, -0.25) is 9.59 Å². The molecular formula is C27H23Cl2N3O3. The molecule has 0 radical (unpaired) electrons. The lowest BCUT2D eigenvalue weighted by Gasteiger charge is -2.11. The highest BCUT2D eigenvalue weighted by atomic mass is 35.5. The standard InChI is InChI=1S/C27H23Cl2N3O3/c1-35-20-8-10-24-21(15-20)19(16-31-24)14-25(32-26(33)18-5-3-2-4-6-18)27(34)30-12-11-17-7-9-22(28)23(29)13-17/h2-10,13-16,31H,11-12H2,1H3,(H,30,34)(H,32,33). The molecule has 0 saturated carbocycles. The summed E-state index contributed by atoms with van der Waals surface area (Å²) in [6, 6.07) is 19.7. The topological polar surface area (TPSA) is 83.2 Å². The number of halogens is 2. The predicted molar refractivity (Wildman–Crippen MR) is 140 cm³/mol. The average Bonchev–Trinajstić information content (AvgIpc) is 3.28. The lowest BCUT2D eigenvalue weighted by molar-refractivity contribution is -0.117. The van der Waals surface area contributed by atoms with Gasteiger partial charge < -0.3 is 20.4 Å². The lowest BCUT2D eigenvalue weighted by Crippen LogP contribution is -2.35. The number of benzene rings is 3. The molecule has 4 aromatic rings. The van der Waals surface area contributed by atoms with E-state index in [9.17, 15) is 9.59 Å². The van der Waals surface area contributed by atoms with Crippen molar-refractivity contribution in [2.45, 2.75) is 6.42 Å². The Morgan fingerprint density at radius 1 is 1.00 bits per heavy atom. The first-order valence-electron chi connectivity index (χ1n) is 10.9. The number of aromatic nitrogens is 1. The minimum absolute atomic E-state index is 0.122. The zero-order valence-electron chi connectivity index (χ0n) is 18.9. The first-order chi connectivity index (χ1) is 16.9. The molecule has 0 aliphatic rings. The van der Waals surface area contributed by atoms with Crippen molar-refractivity contribution >= 4 is 52.0 Å². The maximum Gasteiger partial charge on any atom is 0.267 e. The van der Waals surface area contributed by atoms with E-state index in [2.05, 4.69) is 15.6 Å². The van der Waals surface area contributed by atoms with Gasteiger partial charge in [0.25, 0.3) is 11.8 Å². The van der Waals surface area contributed by atoms with Crippen LogP contribution in [0.2, 0.25) is 10.0 Å². The van der Waals surface area contributed by atoms with Crippen LogP contribution in [0.15, 0.2) is 78.6 Å². The minimum Gasteiger partial charge on any atom is -0.497 e. The summed E-state index contributed by atoms with van der Waals surface area (Å²) >= 11 is 12.1. The summed E-state index contributed by atoms with van der Waals surface area (Å²) in [5.41, 5.74) is 3.12. The monoisotopic (exact) mass is 507 g/mol. The third kappa shape index (κ3) is 6.04. The molecule has 1 heterocycles. The summed E-state index contributed by atoms with van der Waals surface area (Å²) in [6.45, 7) is 0.344. The summed E-state index contributed by atoms with van der Waals surface area (Å²) in [6.07, 6.45) is 3.97. The molecule has 4 rings (SSSR count). The molecule has 0 aliphatic heterocycles. The largest absolute Gasteiger partial charge is 0.497 e. The van der Waals surface area contributed by atoms with Gasteiger partial charge in [-0.2, -0.15) is 0 Å².